The molecule has 0 saturated heterocycles. The number of aromatic nitrogens is 6. The lowest BCUT2D eigenvalue weighted by Gasteiger charge is -2.12. The number of pyridine rings is 2. The van der Waals surface area contributed by atoms with Crippen molar-refractivity contribution in [2.75, 3.05) is 0 Å². The van der Waals surface area contributed by atoms with Gasteiger partial charge in [-0.25, -0.2) is 24.9 Å². The van der Waals surface area contributed by atoms with Gasteiger partial charge in [-0.1, -0.05) is 237 Å². The largest absolute Gasteiger partial charge is 0.456 e. The molecule has 524 valence electrons. The first-order valence-electron chi connectivity index (χ1n) is 37.3. The summed E-state index contributed by atoms with van der Waals surface area (Å²) in [6, 6.07) is 127. The standard InChI is InChI=1S/C38H22N2O2.2C32H20N2O/c1-5-14-33-27(10-1)29-18-16-24(22-36(29)42-33)23-8-7-9-25(20-23)37-38(40-32-13-4-3-12-31(32)39-37)26-17-19-35-30(21-26)28-11-2-6-15-34(28)41-35;1-3-9-21(10-4-1)31-27-18-16-23(19-28(27)33-32(34-31)22-11-5-2-6-12-22)24-15-17-26-25-13-7-8-14-29(25)35-30(26)20-24;1-2-8-21(9-3-1)32-27-13-7-17-33-29(27)20-28(34-32)24-11-6-10-22(18-24)23-15-16-26-25-12-4-5-14-30(25)35-31(26)19-23/h1-22H;2*1-20H. The first-order chi connectivity index (χ1) is 55.4. The van der Waals surface area contributed by atoms with Gasteiger partial charge >= 0.3 is 0 Å². The van der Waals surface area contributed by atoms with Crippen LogP contribution in [-0.2, 0) is 0 Å². The molecule has 23 aromatic rings. The minimum Gasteiger partial charge on any atom is -0.456 e. The summed E-state index contributed by atoms with van der Waals surface area (Å²) in [5.41, 5.74) is 28.0. The van der Waals surface area contributed by atoms with E-state index >= 15 is 0 Å². The second-order valence-corrected chi connectivity index (χ2v) is 28.0. The maximum atomic E-state index is 6.18. The van der Waals surface area contributed by atoms with Gasteiger partial charge in [-0.3, -0.25) is 4.98 Å². The van der Waals surface area contributed by atoms with Crippen LogP contribution in [0.1, 0.15) is 0 Å². The maximum Gasteiger partial charge on any atom is 0.160 e. The van der Waals surface area contributed by atoms with Gasteiger partial charge in [0.05, 0.1) is 50.5 Å². The van der Waals surface area contributed by atoms with Crippen LogP contribution in [0.3, 0.4) is 0 Å². The summed E-state index contributed by atoms with van der Waals surface area (Å²) >= 11 is 0. The molecule has 0 N–H and O–H groups in total. The third kappa shape index (κ3) is 12.0. The van der Waals surface area contributed by atoms with Gasteiger partial charge in [0.15, 0.2) is 5.82 Å². The fraction of sp³-hybridized carbons (Fsp3) is 0. The smallest absolute Gasteiger partial charge is 0.160 e. The topological polar surface area (TPSA) is 130 Å². The molecule has 0 bridgehead atoms. The molecular formula is C102H62N6O4. The summed E-state index contributed by atoms with van der Waals surface area (Å²) in [7, 11) is 0. The van der Waals surface area contributed by atoms with Gasteiger partial charge in [0.2, 0.25) is 0 Å². The Labute approximate surface area is 641 Å². The van der Waals surface area contributed by atoms with E-state index in [1.165, 1.54) is 0 Å². The van der Waals surface area contributed by atoms with Gasteiger partial charge in [0.25, 0.3) is 0 Å². The fourth-order valence-electron chi connectivity index (χ4n) is 15.6. The summed E-state index contributed by atoms with van der Waals surface area (Å²) in [4.78, 5) is 30.0. The van der Waals surface area contributed by atoms with Gasteiger partial charge in [-0.2, -0.15) is 0 Å². The van der Waals surface area contributed by atoms with E-state index in [2.05, 4.69) is 211 Å². The van der Waals surface area contributed by atoms with Gasteiger partial charge in [0.1, 0.15) is 44.7 Å². The van der Waals surface area contributed by atoms with E-state index in [9.17, 15) is 0 Å². The van der Waals surface area contributed by atoms with Crippen LogP contribution in [0.5, 0.6) is 0 Å². The van der Waals surface area contributed by atoms with E-state index in [0.29, 0.717) is 0 Å². The van der Waals surface area contributed by atoms with Gasteiger partial charge in [-0.15, -0.1) is 0 Å². The molecular weight excluding hydrogens is 1370 g/mol. The Morgan fingerprint density at radius 2 is 0.518 bits per heavy atom. The third-order valence-corrected chi connectivity index (χ3v) is 21.1. The third-order valence-electron chi connectivity index (χ3n) is 21.1. The summed E-state index contributed by atoms with van der Waals surface area (Å²) in [6.45, 7) is 0. The van der Waals surface area contributed by atoms with Crippen LogP contribution in [0.2, 0.25) is 0 Å². The van der Waals surface area contributed by atoms with Crippen LogP contribution in [0.25, 0.3) is 222 Å². The molecule has 8 aromatic heterocycles. The summed E-state index contributed by atoms with van der Waals surface area (Å²) in [5.74, 6) is 0.724. The van der Waals surface area contributed by atoms with E-state index < -0.39 is 0 Å². The lowest BCUT2D eigenvalue weighted by molar-refractivity contribution is 0.668. The summed E-state index contributed by atoms with van der Waals surface area (Å²) in [6.07, 6.45) is 1.83. The van der Waals surface area contributed by atoms with Gasteiger partial charge in [-0.05, 0) is 167 Å². The quantitative estimate of drug-likeness (QED) is 0.138. The number of hydrogen-bond donors (Lipinski definition) is 0. The van der Waals surface area contributed by atoms with E-state index in [4.69, 9.17) is 42.6 Å². The van der Waals surface area contributed by atoms with Crippen molar-refractivity contribution in [2.24, 2.45) is 0 Å². The Kier molecular flexibility index (Phi) is 16.0. The molecule has 15 aromatic carbocycles. The highest BCUT2D eigenvalue weighted by Gasteiger charge is 2.20. The molecule has 0 atom stereocenters. The van der Waals surface area contributed by atoms with E-state index in [0.717, 1.165) is 222 Å². The Morgan fingerprint density at radius 3 is 1.05 bits per heavy atom. The highest BCUT2D eigenvalue weighted by Crippen LogP contribution is 2.42. The van der Waals surface area contributed by atoms with Crippen LogP contribution in [0, 0.1) is 0 Å². The lowest BCUT2D eigenvalue weighted by atomic mass is 9.97. The molecule has 0 saturated carbocycles. The predicted octanol–water partition coefficient (Wildman–Crippen LogP) is 27.5. The van der Waals surface area contributed by atoms with Crippen molar-refractivity contribution in [1.82, 2.24) is 29.9 Å². The van der Waals surface area contributed by atoms with Crippen molar-refractivity contribution in [3.8, 4) is 101 Å². The maximum absolute atomic E-state index is 6.18. The van der Waals surface area contributed by atoms with Gasteiger partial charge in [0, 0.05) is 93.4 Å². The SMILES string of the molecule is c1cc(-c2ccc3c(c2)oc2ccccc23)cc(-c2nc3ccccc3nc2-c2ccc3oc4ccccc4c3c2)c1.c1ccc(-c2nc(-c3cccc(-c4ccc5c(c4)oc4ccccc45)c3)cc3ncccc23)cc1.c1ccc(-c2nc(-c3ccccc3)c3ccc(-c4ccc5c(c4)oc4ccccc45)cc3n2)cc1. The molecule has 112 heavy (non-hydrogen) atoms. The second-order valence-electron chi connectivity index (χ2n) is 28.0. The second kappa shape index (κ2) is 27.5. The first kappa shape index (κ1) is 65.1. The Bertz CT molecular complexity index is 7590. The molecule has 0 aliphatic carbocycles. The van der Waals surface area contributed by atoms with E-state index in [1.807, 2.05) is 170 Å². The minimum atomic E-state index is 0.724. The monoisotopic (exact) mass is 1430 g/mol. The summed E-state index contributed by atoms with van der Waals surface area (Å²) in [5, 5.41) is 11.0. The predicted molar refractivity (Wildman–Crippen MR) is 457 cm³/mol. The number of benzene rings is 15. The van der Waals surface area contributed by atoms with Crippen LogP contribution in [-0.4, -0.2) is 29.9 Å². The van der Waals surface area contributed by atoms with Crippen molar-refractivity contribution < 1.29 is 17.7 Å². The zero-order valence-corrected chi connectivity index (χ0v) is 60.1. The van der Waals surface area contributed by atoms with Crippen LogP contribution in [0.15, 0.2) is 394 Å². The summed E-state index contributed by atoms with van der Waals surface area (Å²) < 4.78 is 24.5. The average molecular weight is 1440 g/mol. The minimum absolute atomic E-state index is 0.724. The number of furan rings is 4. The molecule has 0 fully saturated rings. The normalized spacial score (nSPS) is 11.6. The van der Waals surface area contributed by atoms with Gasteiger partial charge < -0.3 is 17.7 Å². The molecule has 23 rings (SSSR count). The van der Waals surface area contributed by atoms with Crippen LogP contribution < -0.4 is 0 Å². The van der Waals surface area contributed by atoms with Crippen molar-refractivity contribution in [3.05, 3.63) is 376 Å². The zero-order valence-electron chi connectivity index (χ0n) is 60.1. The Morgan fingerprint density at radius 1 is 0.161 bits per heavy atom. The zero-order chi connectivity index (χ0) is 74.0. The van der Waals surface area contributed by atoms with E-state index in [1.54, 1.807) is 0 Å². The number of nitrogens with zero attached hydrogens (tertiary/aromatic N) is 6. The van der Waals surface area contributed by atoms with Crippen molar-refractivity contribution >= 4 is 121 Å². The fourth-order valence-corrected chi connectivity index (χ4v) is 15.6. The Hall–Kier alpha value is -15.3. The number of para-hydroxylation sites is 6. The first-order valence-corrected chi connectivity index (χ1v) is 37.3. The lowest BCUT2D eigenvalue weighted by Crippen LogP contribution is -1.95. The molecule has 0 amide bonds. The highest BCUT2D eigenvalue weighted by molar-refractivity contribution is 6.10. The molecule has 8 heterocycles. The van der Waals surface area contributed by atoms with Crippen molar-refractivity contribution in [2.45, 2.75) is 0 Å². The number of rotatable bonds is 9. The molecule has 10 nitrogen and oxygen atoms in total. The van der Waals surface area contributed by atoms with Crippen LogP contribution in [0.4, 0.5) is 0 Å². The highest BCUT2D eigenvalue weighted by atomic mass is 16.3. The van der Waals surface area contributed by atoms with Crippen molar-refractivity contribution in [1.29, 1.82) is 0 Å². The molecule has 0 aliphatic rings. The molecule has 0 spiro atoms. The Balaban J connectivity index is 0.000000107. The average Bonchev–Trinajstić information content (AvgIpc) is 1.72. The number of hydrogen-bond acceptors (Lipinski definition) is 10. The molecule has 10 heteroatoms. The van der Waals surface area contributed by atoms with Crippen molar-refractivity contribution in [3.63, 3.8) is 0 Å². The number of fused-ring (bicyclic) bond motifs is 15. The van der Waals surface area contributed by atoms with Crippen LogP contribution >= 0.6 is 0 Å². The molecule has 0 unspecified atom stereocenters. The molecule has 0 aliphatic heterocycles. The molecule has 0 radical (unpaired) electrons. The van der Waals surface area contributed by atoms with E-state index in [-0.39, 0.29) is 0 Å².